The maximum absolute atomic E-state index is 13.1. The van der Waals surface area contributed by atoms with Gasteiger partial charge in [0.05, 0.1) is 11.7 Å². The van der Waals surface area contributed by atoms with Gasteiger partial charge >= 0.3 is 0 Å². The van der Waals surface area contributed by atoms with E-state index in [9.17, 15) is 4.79 Å². The molecule has 0 aliphatic heterocycles. The highest BCUT2D eigenvalue weighted by molar-refractivity contribution is 7.17. The molecular weight excluding hydrogens is 366 g/mol. The van der Waals surface area contributed by atoms with Gasteiger partial charge in [0, 0.05) is 18.0 Å². The summed E-state index contributed by atoms with van der Waals surface area (Å²) in [5.74, 6) is -0.118. The number of carbonyl (C=O) groups is 1. The Labute approximate surface area is 167 Å². The largest absolute Gasteiger partial charge is 0.340 e. The molecule has 2 aromatic heterocycles. The number of pyridine rings is 1. The van der Waals surface area contributed by atoms with Crippen LogP contribution in [0, 0.1) is 6.92 Å². The van der Waals surface area contributed by atoms with Crippen molar-refractivity contribution in [3.63, 3.8) is 0 Å². The van der Waals surface area contributed by atoms with Crippen LogP contribution >= 0.6 is 11.3 Å². The highest BCUT2D eigenvalue weighted by Gasteiger charge is 2.21. The molecule has 0 aliphatic rings. The van der Waals surface area contributed by atoms with E-state index in [1.165, 1.54) is 11.3 Å². The number of nitrogens with one attached hydrogen (secondary N) is 1. The van der Waals surface area contributed by atoms with Gasteiger partial charge in [0.25, 0.3) is 5.91 Å². The van der Waals surface area contributed by atoms with Crippen LogP contribution in [-0.2, 0) is 0 Å². The Balaban J connectivity index is 1.65. The molecule has 4 rings (SSSR count). The van der Waals surface area contributed by atoms with Crippen LogP contribution in [0.3, 0.4) is 0 Å². The van der Waals surface area contributed by atoms with E-state index in [0.29, 0.717) is 4.88 Å². The molecule has 138 valence electrons. The number of aryl methyl sites for hydroxylation is 1. The molecule has 0 saturated heterocycles. The fourth-order valence-corrected chi connectivity index (χ4v) is 4.05. The summed E-state index contributed by atoms with van der Waals surface area (Å²) in [6.45, 7) is 1.87. The van der Waals surface area contributed by atoms with Crippen LogP contribution in [0.4, 0.5) is 0 Å². The predicted octanol–water partition coefficient (Wildman–Crippen LogP) is 5.03. The molecular formula is C23H19N3OS. The minimum absolute atomic E-state index is 0.118. The molecule has 5 heteroatoms. The van der Waals surface area contributed by atoms with Crippen molar-refractivity contribution < 1.29 is 4.79 Å². The fourth-order valence-electron chi connectivity index (χ4n) is 3.07. The van der Waals surface area contributed by atoms with Crippen molar-refractivity contribution in [2.45, 2.75) is 13.0 Å². The first-order valence-electron chi connectivity index (χ1n) is 9.01. The Bertz CT molecular complexity index is 1020. The lowest BCUT2D eigenvalue weighted by molar-refractivity contribution is 0.0946. The number of hydrogen-bond acceptors (Lipinski definition) is 4. The number of aromatic nitrogens is 2. The van der Waals surface area contributed by atoms with Crippen molar-refractivity contribution in [1.29, 1.82) is 0 Å². The SMILES string of the molecule is Cc1nc(-c2ccncc2)sc1C(=O)NC(c1ccccc1)c1ccccc1. The molecule has 4 nitrogen and oxygen atoms in total. The molecule has 2 aromatic carbocycles. The summed E-state index contributed by atoms with van der Waals surface area (Å²) in [5, 5.41) is 4.01. The molecule has 28 heavy (non-hydrogen) atoms. The van der Waals surface area contributed by atoms with Gasteiger partial charge in [-0.15, -0.1) is 11.3 Å². The Morgan fingerprint density at radius 1 is 0.893 bits per heavy atom. The second-order valence-corrected chi connectivity index (χ2v) is 7.40. The zero-order chi connectivity index (χ0) is 19.3. The van der Waals surface area contributed by atoms with Crippen molar-refractivity contribution >= 4 is 17.2 Å². The summed E-state index contributed by atoms with van der Waals surface area (Å²) in [6.07, 6.45) is 3.46. The fraction of sp³-hybridized carbons (Fsp3) is 0.0870. The minimum Gasteiger partial charge on any atom is -0.340 e. The maximum Gasteiger partial charge on any atom is 0.264 e. The summed E-state index contributed by atoms with van der Waals surface area (Å²) in [4.78, 5) is 22.4. The van der Waals surface area contributed by atoms with Gasteiger partial charge in [-0.1, -0.05) is 60.7 Å². The first-order chi connectivity index (χ1) is 13.7. The lowest BCUT2D eigenvalue weighted by Gasteiger charge is -2.19. The van der Waals surface area contributed by atoms with Gasteiger partial charge in [-0.2, -0.15) is 0 Å². The summed E-state index contributed by atoms with van der Waals surface area (Å²) >= 11 is 1.40. The van der Waals surface area contributed by atoms with Gasteiger partial charge < -0.3 is 5.32 Å². The van der Waals surface area contributed by atoms with E-state index in [4.69, 9.17) is 0 Å². The Kier molecular flexibility index (Phi) is 5.26. The zero-order valence-corrected chi connectivity index (χ0v) is 16.2. The summed E-state index contributed by atoms with van der Waals surface area (Å²) in [7, 11) is 0. The van der Waals surface area contributed by atoms with Gasteiger partial charge in [0.15, 0.2) is 0 Å². The molecule has 0 radical (unpaired) electrons. The van der Waals surface area contributed by atoms with Gasteiger partial charge in [0.2, 0.25) is 0 Å². The normalized spacial score (nSPS) is 10.8. The monoisotopic (exact) mass is 385 g/mol. The van der Waals surface area contributed by atoms with E-state index < -0.39 is 0 Å². The number of amides is 1. The van der Waals surface area contributed by atoms with Gasteiger partial charge in [0.1, 0.15) is 9.88 Å². The van der Waals surface area contributed by atoms with Crippen LogP contribution in [0.2, 0.25) is 0 Å². The Hall–Kier alpha value is -3.31. The van der Waals surface area contributed by atoms with Crippen LogP contribution in [0.1, 0.15) is 32.5 Å². The summed E-state index contributed by atoms with van der Waals surface area (Å²) in [6, 6.07) is 23.6. The molecule has 0 aliphatic carbocycles. The van der Waals surface area contributed by atoms with Crippen LogP contribution < -0.4 is 5.32 Å². The van der Waals surface area contributed by atoms with E-state index >= 15 is 0 Å². The first kappa shape index (κ1) is 18.1. The van der Waals surface area contributed by atoms with Crippen molar-refractivity contribution in [3.8, 4) is 10.6 Å². The molecule has 0 saturated carbocycles. The molecule has 1 amide bonds. The third-order valence-corrected chi connectivity index (χ3v) is 5.68. The lowest BCUT2D eigenvalue weighted by atomic mass is 9.98. The molecule has 2 heterocycles. The van der Waals surface area contributed by atoms with Gasteiger partial charge in [-0.25, -0.2) is 4.98 Å². The van der Waals surface area contributed by atoms with E-state index in [1.54, 1.807) is 12.4 Å². The number of benzene rings is 2. The Morgan fingerprint density at radius 2 is 1.46 bits per heavy atom. The number of thiazole rings is 1. The second kappa shape index (κ2) is 8.15. The van der Waals surface area contributed by atoms with E-state index in [1.807, 2.05) is 79.7 Å². The molecule has 0 spiro atoms. The molecule has 0 bridgehead atoms. The van der Waals surface area contributed by atoms with Crippen LogP contribution in [0.15, 0.2) is 85.2 Å². The quantitative estimate of drug-likeness (QED) is 0.524. The van der Waals surface area contributed by atoms with Gasteiger partial charge in [-0.3, -0.25) is 9.78 Å². The van der Waals surface area contributed by atoms with Crippen molar-refractivity contribution in [3.05, 3.63) is 107 Å². The van der Waals surface area contributed by atoms with Gasteiger partial charge in [-0.05, 0) is 30.2 Å². The maximum atomic E-state index is 13.1. The topological polar surface area (TPSA) is 54.9 Å². The average molecular weight is 385 g/mol. The van der Waals surface area contributed by atoms with Crippen molar-refractivity contribution in [2.75, 3.05) is 0 Å². The molecule has 0 fully saturated rings. The van der Waals surface area contributed by atoms with E-state index in [2.05, 4.69) is 15.3 Å². The third-order valence-electron chi connectivity index (χ3n) is 4.47. The number of hydrogen-bond donors (Lipinski definition) is 1. The predicted molar refractivity (Wildman–Crippen MR) is 112 cm³/mol. The Morgan fingerprint density at radius 3 is 2.04 bits per heavy atom. The zero-order valence-electron chi connectivity index (χ0n) is 15.4. The molecule has 0 atom stereocenters. The molecule has 1 N–H and O–H groups in total. The second-order valence-electron chi connectivity index (χ2n) is 6.40. The van der Waals surface area contributed by atoms with Crippen molar-refractivity contribution in [2.24, 2.45) is 0 Å². The highest BCUT2D eigenvalue weighted by atomic mass is 32.1. The van der Waals surface area contributed by atoms with Crippen LogP contribution in [0.25, 0.3) is 10.6 Å². The summed E-state index contributed by atoms with van der Waals surface area (Å²) in [5.41, 5.74) is 3.77. The summed E-state index contributed by atoms with van der Waals surface area (Å²) < 4.78 is 0. The number of nitrogens with zero attached hydrogens (tertiary/aromatic N) is 2. The van der Waals surface area contributed by atoms with Crippen LogP contribution in [0.5, 0.6) is 0 Å². The standard InChI is InChI=1S/C23H19N3OS/c1-16-21(28-23(25-16)19-12-14-24-15-13-19)22(27)26-20(17-8-4-2-5-9-17)18-10-6-3-7-11-18/h2-15,20H,1H3,(H,26,27). The third kappa shape index (κ3) is 3.85. The van der Waals surface area contributed by atoms with E-state index in [-0.39, 0.29) is 11.9 Å². The molecule has 4 aromatic rings. The number of carbonyl (C=O) groups excluding carboxylic acids is 1. The van der Waals surface area contributed by atoms with Crippen molar-refractivity contribution in [1.82, 2.24) is 15.3 Å². The smallest absolute Gasteiger partial charge is 0.264 e. The minimum atomic E-state index is -0.222. The number of rotatable bonds is 5. The van der Waals surface area contributed by atoms with Crippen LogP contribution in [-0.4, -0.2) is 15.9 Å². The molecule has 0 unspecified atom stereocenters. The highest BCUT2D eigenvalue weighted by Crippen LogP contribution is 2.29. The average Bonchev–Trinajstić information content (AvgIpc) is 3.15. The lowest BCUT2D eigenvalue weighted by Crippen LogP contribution is -2.29. The first-order valence-corrected chi connectivity index (χ1v) is 9.82. The van der Waals surface area contributed by atoms with E-state index in [0.717, 1.165) is 27.4 Å².